The fraction of sp³-hybridized carbons (Fsp3) is 0.545. The molecular formula is C33H43ClN2O8. The van der Waals surface area contributed by atoms with E-state index in [-0.39, 0.29) is 43.8 Å². The molecular weight excluding hydrogens is 588 g/mol. The number of aliphatic hydroxyl groups is 1. The van der Waals surface area contributed by atoms with Crippen LogP contribution < -0.4 is 20.1 Å². The molecule has 3 N–H and O–H groups in total. The molecule has 2 atom stereocenters. The first kappa shape index (κ1) is 33.7. The highest BCUT2D eigenvalue weighted by Gasteiger charge is 2.45. The van der Waals surface area contributed by atoms with E-state index in [0.717, 1.165) is 0 Å². The fourth-order valence-electron chi connectivity index (χ4n) is 6.26. The topological polar surface area (TPSA) is 138 Å². The van der Waals surface area contributed by atoms with Crippen molar-refractivity contribution < 1.29 is 38.4 Å². The van der Waals surface area contributed by atoms with Gasteiger partial charge in [-0.15, -0.1) is 0 Å². The number of carbonyl (C=O) groups is 3. The van der Waals surface area contributed by atoms with Crippen molar-refractivity contribution in [3.05, 3.63) is 52.5 Å². The van der Waals surface area contributed by atoms with Gasteiger partial charge >= 0.3 is 5.97 Å². The summed E-state index contributed by atoms with van der Waals surface area (Å²) in [6, 6.07) is 10.6. The van der Waals surface area contributed by atoms with E-state index in [2.05, 4.69) is 0 Å². The third kappa shape index (κ3) is 6.73. The second kappa shape index (κ2) is 13.9. The van der Waals surface area contributed by atoms with Crippen molar-refractivity contribution in [1.82, 2.24) is 0 Å². The average Bonchev–Trinajstić information content (AvgIpc) is 3.13. The first-order valence-corrected chi connectivity index (χ1v) is 15.2. The summed E-state index contributed by atoms with van der Waals surface area (Å²) >= 11 is 6.50. The average molecular weight is 631 g/mol. The van der Waals surface area contributed by atoms with Crippen LogP contribution in [-0.2, 0) is 23.9 Å². The second-order valence-electron chi connectivity index (χ2n) is 12.5. The van der Waals surface area contributed by atoms with Crippen molar-refractivity contribution in [3.63, 3.8) is 0 Å². The van der Waals surface area contributed by atoms with Crippen molar-refractivity contribution in [2.75, 3.05) is 45.9 Å². The number of aliphatic hydroxyl groups excluding tert-OH is 1. The van der Waals surface area contributed by atoms with E-state index in [1.54, 1.807) is 35.2 Å². The Morgan fingerprint density at radius 1 is 1.11 bits per heavy atom. The number of para-hydroxylation sites is 1. The highest BCUT2D eigenvalue weighted by Crippen LogP contribution is 2.46. The molecule has 10 nitrogen and oxygen atoms in total. The first-order valence-electron chi connectivity index (χ1n) is 14.8. The van der Waals surface area contributed by atoms with Gasteiger partial charge in [0.2, 0.25) is 0 Å². The summed E-state index contributed by atoms with van der Waals surface area (Å²) in [5, 5.41) is 10.6. The predicted octanol–water partition coefficient (Wildman–Crippen LogP) is 4.46. The smallest absolute Gasteiger partial charge is 0.313 e. The molecule has 0 bridgehead atoms. The van der Waals surface area contributed by atoms with Gasteiger partial charge < -0.3 is 34.7 Å². The third-order valence-corrected chi connectivity index (χ3v) is 9.16. The molecule has 1 aliphatic carbocycles. The molecule has 240 valence electrons. The number of fused-ring (bicyclic) bond motifs is 1. The van der Waals surface area contributed by atoms with Gasteiger partial charge in [-0.25, -0.2) is 0 Å². The number of halogens is 1. The SMILES string of the molecule is COC(=O)C1(CN)CCC(C(=O)C[C@H]2O[C@H](c3cccc(OC)c3OC)c3cc(Cl)ccc3N(CC(C)(C)CO)C2=O)CC1. The Morgan fingerprint density at radius 2 is 1.82 bits per heavy atom. The molecule has 2 aromatic carbocycles. The van der Waals surface area contributed by atoms with Crippen LogP contribution in [0.25, 0.3) is 0 Å². The standard InChI is InChI=1S/C33H43ClN2O8/c1-32(2,19-37)18-36-24-10-9-21(34)15-23(24)28(22-7-6-8-26(41-3)29(22)42-4)44-27(30(36)39)16-25(38)20-11-13-33(17-35,14-12-20)31(40)43-5/h6-10,15,20,27-28,37H,11-14,16-19,35H2,1-5H3/t20?,27-,28-,33?/m1/s1. The van der Waals surface area contributed by atoms with E-state index in [1.807, 2.05) is 19.9 Å². The molecule has 0 spiro atoms. The number of hydrogen-bond donors (Lipinski definition) is 2. The minimum Gasteiger partial charge on any atom is -0.493 e. The largest absolute Gasteiger partial charge is 0.493 e. The summed E-state index contributed by atoms with van der Waals surface area (Å²) in [5.41, 5.74) is 6.29. The number of methoxy groups -OCH3 is 3. The van der Waals surface area contributed by atoms with Gasteiger partial charge in [0, 0.05) is 59.3 Å². The Balaban J connectivity index is 1.75. The number of rotatable bonds is 11. The van der Waals surface area contributed by atoms with Crippen molar-refractivity contribution in [3.8, 4) is 11.5 Å². The van der Waals surface area contributed by atoms with Crippen molar-refractivity contribution >= 4 is 34.9 Å². The fourth-order valence-corrected chi connectivity index (χ4v) is 6.44. The van der Waals surface area contributed by atoms with Gasteiger partial charge in [0.15, 0.2) is 11.5 Å². The lowest BCUT2D eigenvalue weighted by molar-refractivity contribution is -0.155. The molecule has 2 aromatic rings. The summed E-state index contributed by atoms with van der Waals surface area (Å²) in [6.45, 7) is 3.87. The van der Waals surface area contributed by atoms with Crippen LogP contribution in [0, 0.1) is 16.7 Å². The number of Topliss-reactive ketones (excluding diaryl/α,β-unsaturated/α-hetero) is 1. The van der Waals surface area contributed by atoms with Gasteiger partial charge in [0.1, 0.15) is 18.0 Å². The van der Waals surface area contributed by atoms with Crippen LogP contribution in [-0.4, -0.2) is 69.9 Å². The molecule has 0 unspecified atom stereocenters. The van der Waals surface area contributed by atoms with Crippen LogP contribution in [0.2, 0.25) is 5.02 Å². The number of ether oxygens (including phenoxy) is 4. The molecule has 2 aliphatic rings. The van der Waals surface area contributed by atoms with E-state index >= 15 is 0 Å². The summed E-state index contributed by atoms with van der Waals surface area (Å²) in [7, 11) is 4.40. The number of esters is 1. The molecule has 1 saturated carbocycles. The number of amides is 1. The van der Waals surface area contributed by atoms with E-state index < -0.39 is 28.9 Å². The molecule has 11 heteroatoms. The van der Waals surface area contributed by atoms with Crippen LogP contribution >= 0.6 is 11.6 Å². The molecule has 0 aromatic heterocycles. The van der Waals surface area contributed by atoms with E-state index in [9.17, 15) is 19.5 Å². The van der Waals surface area contributed by atoms with Crippen molar-refractivity contribution in [2.24, 2.45) is 22.5 Å². The van der Waals surface area contributed by atoms with Crippen molar-refractivity contribution in [2.45, 2.75) is 58.2 Å². The molecule has 1 aliphatic heterocycles. The summed E-state index contributed by atoms with van der Waals surface area (Å²) in [5.74, 6) is -0.324. The maximum Gasteiger partial charge on any atom is 0.313 e. The third-order valence-electron chi connectivity index (χ3n) is 8.93. The van der Waals surface area contributed by atoms with Crippen LogP contribution in [0.1, 0.15) is 63.2 Å². The zero-order valence-electron chi connectivity index (χ0n) is 26.1. The summed E-state index contributed by atoms with van der Waals surface area (Å²) in [4.78, 5) is 42.2. The Kier molecular flexibility index (Phi) is 10.6. The monoisotopic (exact) mass is 630 g/mol. The number of carbonyl (C=O) groups excluding carboxylic acids is 3. The number of benzene rings is 2. The Bertz CT molecular complexity index is 1370. The highest BCUT2D eigenvalue weighted by atomic mass is 35.5. The molecule has 0 saturated heterocycles. The molecule has 1 fully saturated rings. The van der Waals surface area contributed by atoms with Crippen LogP contribution in [0.5, 0.6) is 11.5 Å². The Morgan fingerprint density at radius 3 is 2.41 bits per heavy atom. The number of ketones is 1. The lowest BCUT2D eigenvalue weighted by atomic mass is 9.69. The van der Waals surface area contributed by atoms with E-state index in [1.165, 1.54) is 21.3 Å². The minimum atomic E-state index is -1.15. The van der Waals surface area contributed by atoms with Crippen molar-refractivity contribution in [1.29, 1.82) is 0 Å². The van der Waals surface area contributed by atoms with Crippen LogP contribution in [0.4, 0.5) is 5.69 Å². The van der Waals surface area contributed by atoms with Crippen LogP contribution in [0.15, 0.2) is 36.4 Å². The molecule has 1 amide bonds. The number of nitrogens with zero attached hydrogens (tertiary/aromatic N) is 1. The number of anilines is 1. The molecule has 1 heterocycles. The maximum absolute atomic E-state index is 14.3. The van der Waals surface area contributed by atoms with E-state index in [4.69, 9.17) is 36.3 Å². The van der Waals surface area contributed by atoms with Gasteiger partial charge in [-0.05, 0) is 49.9 Å². The Labute approximate surface area is 263 Å². The molecule has 44 heavy (non-hydrogen) atoms. The zero-order chi connectivity index (χ0) is 32.2. The second-order valence-corrected chi connectivity index (χ2v) is 12.9. The lowest BCUT2D eigenvalue weighted by Gasteiger charge is -2.36. The van der Waals surface area contributed by atoms with Crippen LogP contribution in [0.3, 0.4) is 0 Å². The van der Waals surface area contributed by atoms with Gasteiger partial charge in [0.25, 0.3) is 5.91 Å². The van der Waals surface area contributed by atoms with E-state index in [0.29, 0.717) is 59.0 Å². The minimum absolute atomic E-state index is 0.124. The lowest BCUT2D eigenvalue weighted by Crippen LogP contribution is -2.47. The first-order chi connectivity index (χ1) is 20.9. The van der Waals surface area contributed by atoms with Gasteiger partial charge in [0.05, 0.1) is 26.7 Å². The maximum atomic E-state index is 14.3. The quantitative estimate of drug-likeness (QED) is 0.345. The van der Waals surface area contributed by atoms with Gasteiger partial charge in [-0.1, -0.05) is 37.6 Å². The highest BCUT2D eigenvalue weighted by molar-refractivity contribution is 6.30. The zero-order valence-corrected chi connectivity index (χ0v) is 26.8. The van der Waals surface area contributed by atoms with Gasteiger partial charge in [-0.2, -0.15) is 0 Å². The Hall–Kier alpha value is -3.18. The normalized spacial score (nSPS) is 23.9. The van der Waals surface area contributed by atoms with Gasteiger partial charge in [-0.3, -0.25) is 14.4 Å². The molecule has 0 radical (unpaired) electrons. The summed E-state index contributed by atoms with van der Waals surface area (Å²) in [6.07, 6.45) is -0.392. The predicted molar refractivity (Wildman–Crippen MR) is 166 cm³/mol. The number of nitrogens with two attached hydrogens (primary N) is 1. The number of hydrogen-bond acceptors (Lipinski definition) is 9. The summed E-state index contributed by atoms with van der Waals surface area (Å²) < 4.78 is 22.9. The molecule has 4 rings (SSSR count).